The van der Waals surface area contributed by atoms with Crippen molar-refractivity contribution in [3.8, 4) is 11.5 Å². The van der Waals surface area contributed by atoms with Gasteiger partial charge in [-0.05, 0) is 19.1 Å². The summed E-state index contributed by atoms with van der Waals surface area (Å²) in [5, 5.41) is 0. The Hall–Kier alpha value is -2.01. The van der Waals surface area contributed by atoms with Crippen molar-refractivity contribution in [2.24, 2.45) is 5.73 Å². The molecule has 0 aliphatic carbocycles. The van der Waals surface area contributed by atoms with Gasteiger partial charge in [0.25, 0.3) is 0 Å². The van der Waals surface area contributed by atoms with Gasteiger partial charge in [-0.2, -0.15) is 0 Å². The lowest BCUT2D eigenvalue weighted by atomic mass is 10.2. The molecule has 0 radical (unpaired) electrons. The van der Waals surface area contributed by atoms with E-state index < -0.39 is 11.6 Å². The normalized spacial score (nSPS) is 10.4. The Labute approximate surface area is 103 Å². The van der Waals surface area contributed by atoms with E-state index in [4.69, 9.17) is 10.5 Å². The van der Waals surface area contributed by atoms with E-state index in [9.17, 15) is 8.78 Å². The highest BCUT2D eigenvalue weighted by Crippen LogP contribution is 2.28. The number of nitrogens with two attached hydrogens (primary N) is 1. The molecule has 1 heterocycles. The predicted molar refractivity (Wildman–Crippen MR) is 63.3 cm³/mol. The molecule has 0 unspecified atom stereocenters. The van der Waals surface area contributed by atoms with Gasteiger partial charge in [0.2, 0.25) is 0 Å². The Bertz CT molecular complexity index is 573. The molecular formula is C13H12F2N2O. The summed E-state index contributed by atoms with van der Waals surface area (Å²) in [4.78, 5) is 4.06. The lowest BCUT2D eigenvalue weighted by Crippen LogP contribution is -2.02. The van der Waals surface area contributed by atoms with Crippen molar-refractivity contribution in [3.63, 3.8) is 0 Å². The molecule has 0 aliphatic heterocycles. The van der Waals surface area contributed by atoms with E-state index in [1.54, 1.807) is 19.2 Å². The summed E-state index contributed by atoms with van der Waals surface area (Å²) in [5.41, 5.74) is 6.87. The van der Waals surface area contributed by atoms with E-state index in [2.05, 4.69) is 4.98 Å². The Morgan fingerprint density at radius 3 is 2.72 bits per heavy atom. The summed E-state index contributed by atoms with van der Waals surface area (Å²) in [5.74, 6) is -0.981. The second-order valence-corrected chi connectivity index (χ2v) is 3.81. The van der Waals surface area contributed by atoms with Crippen molar-refractivity contribution in [2.75, 3.05) is 0 Å². The number of rotatable bonds is 3. The minimum absolute atomic E-state index is 0.171. The smallest absolute Gasteiger partial charge is 0.165 e. The van der Waals surface area contributed by atoms with E-state index in [0.717, 1.165) is 18.2 Å². The maximum Gasteiger partial charge on any atom is 0.165 e. The SMILES string of the molecule is Cc1cc(Oc2cc(F)ccc2F)c(CN)cn1. The minimum Gasteiger partial charge on any atom is -0.454 e. The van der Waals surface area contributed by atoms with Crippen molar-refractivity contribution in [2.45, 2.75) is 13.5 Å². The van der Waals surface area contributed by atoms with Gasteiger partial charge in [-0.1, -0.05) is 0 Å². The molecule has 0 saturated heterocycles. The first-order valence-corrected chi connectivity index (χ1v) is 5.38. The Morgan fingerprint density at radius 2 is 2.00 bits per heavy atom. The Kier molecular flexibility index (Phi) is 3.53. The number of pyridine rings is 1. The van der Waals surface area contributed by atoms with Gasteiger partial charge in [-0.25, -0.2) is 8.78 Å². The van der Waals surface area contributed by atoms with Gasteiger partial charge >= 0.3 is 0 Å². The van der Waals surface area contributed by atoms with Crippen molar-refractivity contribution < 1.29 is 13.5 Å². The monoisotopic (exact) mass is 250 g/mol. The lowest BCUT2D eigenvalue weighted by Gasteiger charge is -2.11. The van der Waals surface area contributed by atoms with Crippen LogP contribution in [-0.2, 0) is 6.54 Å². The van der Waals surface area contributed by atoms with Crippen LogP contribution in [0.4, 0.5) is 8.78 Å². The van der Waals surface area contributed by atoms with E-state index in [1.165, 1.54) is 0 Å². The van der Waals surface area contributed by atoms with E-state index >= 15 is 0 Å². The van der Waals surface area contributed by atoms with Gasteiger partial charge < -0.3 is 10.5 Å². The topological polar surface area (TPSA) is 48.1 Å². The molecule has 2 N–H and O–H groups in total. The van der Waals surface area contributed by atoms with Gasteiger partial charge in [0, 0.05) is 36.1 Å². The van der Waals surface area contributed by atoms with Crippen molar-refractivity contribution in [3.05, 3.63) is 53.4 Å². The first-order chi connectivity index (χ1) is 8.60. The second kappa shape index (κ2) is 5.10. The zero-order valence-electron chi connectivity index (χ0n) is 9.78. The molecule has 94 valence electrons. The number of hydrogen-bond donors (Lipinski definition) is 1. The largest absolute Gasteiger partial charge is 0.454 e. The summed E-state index contributed by atoms with van der Waals surface area (Å²) in [6, 6.07) is 4.67. The lowest BCUT2D eigenvalue weighted by molar-refractivity contribution is 0.431. The zero-order valence-corrected chi connectivity index (χ0v) is 9.78. The highest BCUT2D eigenvalue weighted by Gasteiger charge is 2.10. The first-order valence-electron chi connectivity index (χ1n) is 5.38. The maximum atomic E-state index is 13.5. The zero-order chi connectivity index (χ0) is 13.1. The van der Waals surface area contributed by atoms with Crippen molar-refractivity contribution in [1.29, 1.82) is 0 Å². The molecule has 1 aromatic carbocycles. The fraction of sp³-hybridized carbons (Fsp3) is 0.154. The molecule has 0 bridgehead atoms. The van der Waals surface area contributed by atoms with Gasteiger partial charge in [0.05, 0.1) is 0 Å². The fourth-order valence-corrected chi connectivity index (χ4v) is 1.49. The second-order valence-electron chi connectivity index (χ2n) is 3.81. The number of ether oxygens (including phenoxy) is 1. The van der Waals surface area contributed by atoms with E-state index in [-0.39, 0.29) is 12.3 Å². The standard InChI is InChI=1S/C13H12F2N2O/c1-8-4-12(9(6-16)7-17-8)18-13-5-10(14)2-3-11(13)15/h2-5,7H,6,16H2,1H3. The van der Waals surface area contributed by atoms with Crippen LogP contribution < -0.4 is 10.5 Å². The predicted octanol–water partition coefficient (Wildman–Crippen LogP) is 2.92. The molecule has 3 nitrogen and oxygen atoms in total. The maximum absolute atomic E-state index is 13.5. The third-order valence-electron chi connectivity index (χ3n) is 2.41. The highest BCUT2D eigenvalue weighted by atomic mass is 19.1. The van der Waals surface area contributed by atoms with Crippen LogP contribution in [0.15, 0.2) is 30.5 Å². The van der Waals surface area contributed by atoms with E-state index in [0.29, 0.717) is 17.0 Å². The molecule has 2 rings (SSSR count). The number of hydrogen-bond acceptors (Lipinski definition) is 3. The Balaban J connectivity index is 2.38. The quantitative estimate of drug-likeness (QED) is 0.911. The van der Waals surface area contributed by atoms with Gasteiger partial charge in [-0.15, -0.1) is 0 Å². The number of aromatic nitrogens is 1. The fourth-order valence-electron chi connectivity index (χ4n) is 1.49. The first kappa shape index (κ1) is 12.4. The number of aryl methyl sites for hydroxylation is 1. The summed E-state index contributed by atoms with van der Waals surface area (Å²) in [7, 11) is 0. The van der Waals surface area contributed by atoms with Crippen LogP contribution in [0, 0.1) is 18.6 Å². The van der Waals surface area contributed by atoms with Crippen molar-refractivity contribution in [1.82, 2.24) is 4.98 Å². The minimum atomic E-state index is -0.631. The molecule has 0 amide bonds. The Morgan fingerprint density at radius 1 is 1.22 bits per heavy atom. The highest BCUT2D eigenvalue weighted by molar-refractivity contribution is 5.38. The average Bonchev–Trinajstić information content (AvgIpc) is 2.34. The van der Waals surface area contributed by atoms with Crippen LogP contribution in [0.3, 0.4) is 0 Å². The molecule has 0 spiro atoms. The van der Waals surface area contributed by atoms with Gasteiger partial charge in [0.15, 0.2) is 11.6 Å². The summed E-state index contributed by atoms with van der Waals surface area (Å²) < 4.78 is 31.8. The van der Waals surface area contributed by atoms with Crippen LogP contribution in [0.1, 0.15) is 11.3 Å². The molecule has 0 aliphatic rings. The summed E-state index contributed by atoms with van der Waals surface area (Å²) in [6.45, 7) is 1.98. The molecule has 0 saturated carbocycles. The molecule has 1 aromatic heterocycles. The summed E-state index contributed by atoms with van der Waals surface area (Å²) in [6.07, 6.45) is 1.56. The third kappa shape index (κ3) is 2.62. The molecule has 18 heavy (non-hydrogen) atoms. The van der Waals surface area contributed by atoms with Crippen molar-refractivity contribution >= 4 is 0 Å². The van der Waals surface area contributed by atoms with Gasteiger partial charge in [0.1, 0.15) is 11.6 Å². The van der Waals surface area contributed by atoms with Crippen LogP contribution >= 0.6 is 0 Å². The van der Waals surface area contributed by atoms with Gasteiger partial charge in [-0.3, -0.25) is 4.98 Å². The molecule has 0 atom stereocenters. The van der Waals surface area contributed by atoms with E-state index in [1.807, 2.05) is 0 Å². The molecule has 2 aromatic rings. The molecular weight excluding hydrogens is 238 g/mol. The molecule has 5 heteroatoms. The van der Waals surface area contributed by atoms with Crippen LogP contribution in [0.5, 0.6) is 11.5 Å². The van der Waals surface area contributed by atoms with Crippen LogP contribution in [0.25, 0.3) is 0 Å². The average molecular weight is 250 g/mol. The third-order valence-corrected chi connectivity index (χ3v) is 2.41. The number of benzene rings is 1. The number of nitrogens with zero attached hydrogens (tertiary/aromatic N) is 1. The molecule has 0 fully saturated rings. The van der Waals surface area contributed by atoms with Crippen LogP contribution in [-0.4, -0.2) is 4.98 Å². The number of halogens is 2. The summed E-state index contributed by atoms with van der Waals surface area (Å²) >= 11 is 0. The van der Waals surface area contributed by atoms with Crippen LogP contribution in [0.2, 0.25) is 0 Å².